The first-order valence-electron chi connectivity index (χ1n) is 19.6. The van der Waals surface area contributed by atoms with E-state index in [1.807, 2.05) is 0 Å². The molecular formula is C46H57Cl2SiZr. The average molecular weight is 800 g/mol. The van der Waals surface area contributed by atoms with Crippen LogP contribution in [-0.4, -0.2) is 5.92 Å². The number of hydrogen-bond donors (Lipinski definition) is 0. The zero-order chi connectivity index (χ0) is 35.5. The number of unbranched alkanes of at least 4 members (excludes halogenated alkanes) is 2. The first-order chi connectivity index (χ1) is 24.2. The van der Waals surface area contributed by atoms with Crippen molar-refractivity contribution in [2.24, 2.45) is 0 Å². The van der Waals surface area contributed by atoms with Gasteiger partial charge in [0.15, 0.2) is 0 Å². The Morgan fingerprint density at radius 3 is 1.28 bits per heavy atom. The van der Waals surface area contributed by atoms with Crippen LogP contribution >= 0.6 is 17.0 Å². The number of fused-ring (bicyclic) bond motifs is 2. The number of aryl methyl sites for hydroxylation is 2. The Labute approximate surface area is 312 Å². The van der Waals surface area contributed by atoms with Gasteiger partial charge in [-0.1, -0.05) is 0 Å². The van der Waals surface area contributed by atoms with Crippen molar-refractivity contribution in [3.63, 3.8) is 0 Å². The summed E-state index contributed by atoms with van der Waals surface area (Å²) in [5.41, 5.74) is 16.9. The SMILES string of the molecule is CCCCc1ccccc1-c1cccc2c1C=C(CCC)[CH]2[Zr]([Cl])([Cl])([CH]1C(CCC)=Cc2c(-c3ccccc3CCCC)cccc21)[SiH](C)C. The summed E-state index contributed by atoms with van der Waals surface area (Å²) >= 11 is -4.86. The van der Waals surface area contributed by atoms with E-state index in [-0.39, 0.29) is 7.25 Å². The van der Waals surface area contributed by atoms with Crippen LogP contribution in [0.1, 0.15) is 120 Å². The third-order valence-corrected chi connectivity index (χ3v) is 63.7. The van der Waals surface area contributed by atoms with Gasteiger partial charge in [0, 0.05) is 0 Å². The van der Waals surface area contributed by atoms with Gasteiger partial charge in [0.25, 0.3) is 0 Å². The maximum absolute atomic E-state index is 8.81. The van der Waals surface area contributed by atoms with Crippen LogP contribution in [0.15, 0.2) is 96.1 Å². The Balaban J connectivity index is 1.57. The fourth-order valence-electron chi connectivity index (χ4n) is 9.28. The first-order valence-corrected chi connectivity index (χ1v) is 35.9. The van der Waals surface area contributed by atoms with Gasteiger partial charge >= 0.3 is 315 Å². The maximum atomic E-state index is 8.81. The van der Waals surface area contributed by atoms with E-state index < -0.39 is 21.5 Å². The molecule has 0 heterocycles. The summed E-state index contributed by atoms with van der Waals surface area (Å²) < 4.78 is 0.252. The molecule has 263 valence electrons. The molecule has 0 amide bonds. The Bertz CT molecular complexity index is 1770. The quantitative estimate of drug-likeness (QED) is 0.105. The van der Waals surface area contributed by atoms with Crippen molar-refractivity contribution in [1.82, 2.24) is 0 Å². The topological polar surface area (TPSA) is 0 Å². The molecule has 4 aromatic carbocycles. The molecular weight excluding hydrogens is 743 g/mol. The second-order valence-corrected chi connectivity index (χ2v) is 57.8. The second kappa shape index (κ2) is 16.0. The van der Waals surface area contributed by atoms with Gasteiger partial charge in [0.1, 0.15) is 0 Å². The Morgan fingerprint density at radius 2 is 0.900 bits per heavy atom. The number of rotatable bonds is 15. The molecule has 0 aliphatic heterocycles. The molecule has 0 spiro atoms. The molecule has 0 N–H and O–H groups in total. The van der Waals surface area contributed by atoms with E-state index in [1.165, 1.54) is 92.5 Å². The van der Waals surface area contributed by atoms with E-state index in [4.69, 9.17) is 17.0 Å². The fraction of sp³-hybridized carbons (Fsp3) is 0.391. The van der Waals surface area contributed by atoms with Crippen LogP contribution in [0.2, 0.25) is 13.1 Å². The van der Waals surface area contributed by atoms with Crippen molar-refractivity contribution in [2.75, 3.05) is 0 Å². The van der Waals surface area contributed by atoms with Crippen molar-refractivity contribution in [1.29, 1.82) is 0 Å². The average Bonchev–Trinajstić information content (AvgIpc) is 3.70. The molecule has 0 saturated carbocycles. The molecule has 0 fully saturated rings. The summed E-state index contributed by atoms with van der Waals surface area (Å²) in [5, 5.41) is 0. The fourth-order valence-corrected chi connectivity index (χ4v) is 40.8. The van der Waals surface area contributed by atoms with Crippen LogP contribution in [-0.2, 0) is 28.4 Å². The molecule has 4 heteroatoms. The van der Waals surface area contributed by atoms with Crippen molar-refractivity contribution in [3.8, 4) is 22.3 Å². The first kappa shape index (κ1) is 37.8. The Hall–Kier alpha value is -1.96. The monoisotopic (exact) mass is 797 g/mol. The van der Waals surface area contributed by atoms with Crippen LogP contribution in [0.5, 0.6) is 0 Å². The standard InChI is InChI=1S/2C22H25.C2H7Si.2ClH.Zr/c2*1-3-5-10-18-11-6-7-13-20(18)21-14-8-12-19-15-17(9-4-2)16-22(19)21;1-3-2;;;/h2*6-8,11-16H,3-5,9-10H2,1-2H3;3H,1-2H3;2*1H;/q;;;;;+2/p-2. The van der Waals surface area contributed by atoms with Gasteiger partial charge in [-0.25, -0.2) is 0 Å². The molecule has 0 bridgehead atoms. The van der Waals surface area contributed by atoms with Crippen molar-refractivity contribution >= 4 is 35.1 Å². The predicted octanol–water partition coefficient (Wildman–Crippen LogP) is 14.9. The zero-order valence-electron chi connectivity index (χ0n) is 31.3. The molecule has 2 atom stereocenters. The van der Waals surface area contributed by atoms with Crippen LogP contribution in [0.3, 0.4) is 0 Å². The summed E-state index contributed by atoms with van der Waals surface area (Å²) in [6.07, 6.45) is 16.4. The molecule has 6 rings (SSSR count). The molecule has 2 unspecified atom stereocenters. The number of allylic oxidation sites excluding steroid dienone is 2. The molecule has 0 radical (unpaired) electrons. The normalized spacial score (nSPS) is 17.7. The molecule has 0 nitrogen and oxygen atoms in total. The van der Waals surface area contributed by atoms with Gasteiger partial charge in [-0.2, -0.15) is 0 Å². The summed E-state index contributed by atoms with van der Waals surface area (Å²) in [7, 11) is 17.6. The molecule has 4 aromatic rings. The zero-order valence-corrected chi connectivity index (χ0v) is 36.4. The van der Waals surface area contributed by atoms with Gasteiger partial charge < -0.3 is 0 Å². The van der Waals surface area contributed by atoms with E-state index in [0.717, 1.165) is 38.5 Å². The molecule has 0 aromatic heterocycles. The molecule has 2 aliphatic carbocycles. The van der Waals surface area contributed by atoms with E-state index in [1.54, 1.807) is 0 Å². The van der Waals surface area contributed by atoms with Crippen LogP contribution in [0, 0.1) is 0 Å². The van der Waals surface area contributed by atoms with Gasteiger partial charge in [-0.15, -0.1) is 0 Å². The van der Waals surface area contributed by atoms with E-state index in [9.17, 15) is 0 Å². The van der Waals surface area contributed by atoms with Crippen LogP contribution in [0.4, 0.5) is 0 Å². The van der Waals surface area contributed by atoms with Crippen molar-refractivity contribution < 1.29 is 15.6 Å². The molecule has 2 aliphatic rings. The summed E-state index contributed by atoms with van der Waals surface area (Å²) in [6, 6.07) is 32.2. The third-order valence-electron chi connectivity index (χ3n) is 11.8. The Kier molecular flexibility index (Phi) is 12.1. The number of halogens is 2. The van der Waals surface area contributed by atoms with Crippen molar-refractivity contribution in [2.45, 2.75) is 112 Å². The van der Waals surface area contributed by atoms with E-state index >= 15 is 0 Å². The van der Waals surface area contributed by atoms with Gasteiger partial charge in [0.05, 0.1) is 0 Å². The second-order valence-electron chi connectivity index (χ2n) is 15.3. The van der Waals surface area contributed by atoms with Gasteiger partial charge in [0.2, 0.25) is 0 Å². The van der Waals surface area contributed by atoms with E-state index in [2.05, 4.69) is 138 Å². The van der Waals surface area contributed by atoms with Gasteiger partial charge in [-0.05, 0) is 0 Å². The molecule has 50 heavy (non-hydrogen) atoms. The third kappa shape index (κ3) is 6.70. The van der Waals surface area contributed by atoms with Crippen LogP contribution < -0.4 is 0 Å². The van der Waals surface area contributed by atoms with E-state index in [0.29, 0.717) is 0 Å². The minimum absolute atomic E-state index is 0.126. The summed E-state index contributed by atoms with van der Waals surface area (Å²) in [4.78, 5) is 0. The Morgan fingerprint density at radius 1 is 0.500 bits per heavy atom. The number of benzene rings is 4. The summed E-state index contributed by atoms with van der Waals surface area (Å²) in [5.74, 6) is -1.64. The predicted molar refractivity (Wildman–Crippen MR) is 223 cm³/mol. The molecule has 0 saturated heterocycles. The van der Waals surface area contributed by atoms with Gasteiger partial charge in [-0.3, -0.25) is 0 Å². The summed E-state index contributed by atoms with van der Waals surface area (Å²) in [6.45, 7) is 14.2. The van der Waals surface area contributed by atoms with Crippen molar-refractivity contribution in [3.05, 3.63) is 129 Å². The minimum atomic E-state index is -4.86. The van der Waals surface area contributed by atoms with Crippen LogP contribution in [0.25, 0.3) is 34.4 Å². The number of hydrogen-bond acceptors (Lipinski definition) is 0.